The van der Waals surface area contributed by atoms with Crippen molar-refractivity contribution in [3.05, 3.63) is 82.0 Å². The highest BCUT2D eigenvalue weighted by atomic mass is 16.5. The summed E-state index contributed by atoms with van der Waals surface area (Å²) in [5.41, 5.74) is 1.97. The van der Waals surface area contributed by atoms with Crippen LogP contribution in [0.2, 0.25) is 0 Å². The normalized spacial score (nSPS) is 13.7. The second kappa shape index (κ2) is 9.03. The lowest BCUT2D eigenvalue weighted by atomic mass is 10.2. The van der Waals surface area contributed by atoms with Gasteiger partial charge in [0.05, 0.1) is 49.6 Å². The number of anilines is 1. The largest absolute Gasteiger partial charge is 0.466 e. The standard InChI is InChI=1S/C23H22N4O5/c1-32-23(31)18-13-26(9-10-28)22(30)20(18)25-16-7-8-19-17(11-16)21(29)27(14-24-19)12-15-5-3-2-4-6-15/h2-8,11,14,25,28H,9-10,12-13H2,1H3. The molecule has 0 fully saturated rings. The quantitative estimate of drug-likeness (QED) is 0.536. The van der Waals surface area contributed by atoms with Crippen LogP contribution >= 0.6 is 0 Å². The van der Waals surface area contributed by atoms with Crippen molar-refractivity contribution in [3.8, 4) is 0 Å². The molecule has 0 saturated carbocycles. The van der Waals surface area contributed by atoms with Crippen LogP contribution in [0, 0.1) is 0 Å². The minimum atomic E-state index is -0.631. The number of esters is 1. The lowest BCUT2D eigenvalue weighted by Gasteiger charge is -2.15. The summed E-state index contributed by atoms with van der Waals surface area (Å²) in [6.45, 7) is 0.284. The molecule has 0 unspecified atom stereocenters. The molecule has 9 heteroatoms. The number of β-amino-alcohol motifs (C(OH)–C–C–N with tert-alkyl or cyclic N) is 1. The third-order valence-electron chi connectivity index (χ3n) is 5.24. The molecule has 3 aromatic rings. The van der Waals surface area contributed by atoms with Gasteiger partial charge in [-0.1, -0.05) is 30.3 Å². The second-order valence-corrected chi connectivity index (χ2v) is 7.32. The number of amides is 1. The summed E-state index contributed by atoms with van der Waals surface area (Å²) in [5.74, 6) is -1.05. The first-order valence-electron chi connectivity index (χ1n) is 10.0. The minimum Gasteiger partial charge on any atom is -0.466 e. The maximum atomic E-state index is 13.0. The molecule has 0 radical (unpaired) electrons. The van der Waals surface area contributed by atoms with Gasteiger partial charge < -0.3 is 20.1 Å². The number of aromatic nitrogens is 2. The Bertz CT molecular complexity index is 1270. The Kier molecular flexibility index (Phi) is 6.00. The molecule has 1 amide bonds. The van der Waals surface area contributed by atoms with E-state index in [4.69, 9.17) is 4.74 Å². The molecule has 0 spiro atoms. The zero-order chi connectivity index (χ0) is 22.7. The van der Waals surface area contributed by atoms with Gasteiger partial charge in [0.25, 0.3) is 11.5 Å². The molecule has 4 rings (SSSR count). The highest BCUT2D eigenvalue weighted by molar-refractivity contribution is 6.08. The molecule has 2 aromatic carbocycles. The van der Waals surface area contributed by atoms with E-state index in [-0.39, 0.29) is 36.5 Å². The van der Waals surface area contributed by atoms with E-state index in [0.29, 0.717) is 23.1 Å². The number of fused-ring (bicyclic) bond motifs is 1. The molecule has 0 atom stereocenters. The Morgan fingerprint density at radius 2 is 1.97 bits per heavy atom. The number of ether oxygens (including phenoxy) is 1. The van der Waals surface area contributed by atoms with Crippen molar-refractivity contribution in [2.45, 2.75) is 6.54 Å². The number of carbonyl (C=O) groups is 2. The number of aliphatic hydroxyl groups is 1. The van der Waals surface area contributed by atoms with Crippen LogP contribution in [-0.2, 0) is 20.9 Å². The third-order valence-corrected chi connectivity index (χ3v) is 5.24. The van der Waals surface area contributed by atoms with Crippen LogP contribution in [0.3, 0.4) is 0 Å². The molecule has 1 aliphatic rings. The van der Waals surface area contributed by atoms with E-state index in [1.54, 1.807) is 18.2 Å². The maximum Gasteiger partial charge on any atom is 0.337 e. The predicted molar refractivity (Wildman–Crippen MR) is 118 cm³/mol. The van der Waals surface area contributed by atoms with Gasteiger partial charge in [0.2, 0.25) is 0 Å². The lowest BCUT2D eigenvalue weighted by molar-refractivity contribution is -0.136. The Balaban J connectivity index is 1.68. The molecule has 0 aliphatic carbocycles. The van der Waals surface area contributed by atoms with Crippen molar-refractivity contribution in [3.63, 3.8) is 0 Å². The van der Waals surface area contributed by atoms with E-state index in [0.717, 1.165) is 5.56 Å². The van der Waals surface area contributed by atoms with Crippen LogP contribution in [0.25, 0.3) is 10.9 Å². The minimum absolute atomic E-state index is 0.0351. The van der Waals surface area contributed by atoms with E-state index in [1.807, 2.05) is 30.3 Å². The van der Waals surface area contributed by atoms with Gasteiger partial charge in [0.15, 0.2) is 0 Å². The van der Waals surface area contributed by atoms with E-state index in [2.05, 4.69) is 10.3 Å². The molecule has 0 saturated heterocycles. The highest BCUT2D eigenvalue weighted by Gasteiger charge is 2.34. The van der Waals surface area contributed by atoms with Crippen molar-refractivity contribution >= 4 is 28.5 Å². The molecule has 9 nitrogen and oxygen atoms in total. The van der Waals surface area contributed by atoms with E-state index in [9.17, 15) is 19.5 Å². The van der Waals surface area contributed by atoms with Crippen molar-refractivity contribution in [2.24, 2.45) is 0 Å². The van der Waals surface area contributed by atoms with Crippen molar-refractivity contribution in [1.29, 1.82) is 0 Å². The first-order chi connectivity index (χ1) is 15.5. The monoisotopic (exact) mass is 434 g/mol. The number of hydrogen-bond acceptors (Lipinski definition) is 7. The number of nitrogens with one attached hydrogen (secondary N) is 1. The van der Waals surface area contributed by atoms with Gasteiger partial charge in [-0.05, 0) is 23.8 Å². The molecule has 0 bridgehead atoms. The molecular formula is C23H22N4O5. The summed E-state index contributed by atoms with van der Waals surface area (Å²) >= 11 is 0. The fourth-order valence-corrected chi connectivity index (χ4v) is 3.62. The summed E-state index contributed by atoms with van der Waals surface area (Å²) in [6, 6.07) is 14.5. The highest BCUT2D eigenvalue weighted by Crippen LogP contribution is 2.24. The van der Waals surface area contributed by atoms with Gasteiger partial charge >= 0.3 is 5.97 Å². The van der Waals surface area contributed by atoms with E-state index < -0.39 is 11.9 Å². The number of aliphatic hydroxyl groups excluding tert-OH is 1. The van der Waals surface area contributed by atoms with Crippen LogP contribution in [0.1, 0.15) is 5.56 Å². The second-order valence-electron chi connectivity index (χ2n) is 7.32. The summed E-state index contributed by atoms with van der Waals surface area (Å²) in [6.07, 6.45) is 1.51. The molecule has 2 N–H and O–H groups in total. The molecule has 2 heterocycles. The number of methoxy groups -OCH3 is 1. The van der Waals surface area contributed by atoms with Gasteiger partial charge in [-0.25, -0.2) is 9.78 Å². The van der Waals surface area contributed by atoms with Crippen molar-refractivity contribution in [2.75, 3.05) is 32.1 Å². The summed E-state index contributed by atoms with van der Waals surface area (Å²) < 4.78 is 6.32. The zero-order valence-corrected chi connectivity index (χ0v) is 17.4. The van der Waals surface area contributed by atoms with E-state index >= 15 is 0 Å². The smallest absolute Gasteiger partial charge is 0.337 e. The fourth-order valence-electron chi connectivity index (χ4n) is 3.62. The first-order valence-corrected chi connectivity index (χ1v) is 10.0. The Labute approximate surface area is 183 Å². The van der Waals surface area contributed by atoms with Crippen LogP contribution in [0.4, 0.5) is 5.69 Å². The van der Waals surface area contributed by atoms with Crippen LogP contribution < -0.4 is 10.9 Å². The average Bonchev–Trinajstić information content (AvgIpc) is 3.11. The summed E-state index contributed by atoms with van der Waals surface area (Å²) in [4.78, 5) is 43.7. The van der Waals surface area contributed by atoms with Crippen LogP contribution in [-0.4, -0.2) is 58.2 Å². The molecule has 1 aromatic heterocycles. The average molecular weight is 434 g/mol. The Hall–Kier alpha value is -3.98. The van der Waals surface area contributed by atoms with Crippen molar-refractivity contribution < 1.29 is 19.4 Å². The van der Waals surface area contributed by atoms with Gasteiger partial charge in [-0.2, -0.15) is 0 Å². The Morgan fingerprint density at radius 3 is 2.69 bits per heavy atom. The van der Waals surface area contributed by atoms with Crippen LogP contribution in [0.15, 0.2) is 70.9 Å². The number of rotatable bonds is 7. The van der Waals surface area contributed by atoms with Gasteiger partial charge in [-0.3, -0.25) is 14.2 Å². The number of hydrogen-bond donors (Lipinski definition) is 2. The number of benzene rings is 2. The number of carbonyl (C=O) groups excluding carboxylic acids is 2. The van der Waals surface area contributed by atoms with Gasteiger partial charge in [0.1, 0.15) is 5.70 Å². The molecule has 32 heavy (non-hydrogen) atoms. The van der Waals surface area contributed by atoms with Crippen LogP contribution in [0.5, 0.6) is 0 Å². The maximum absolute atomic E-state index is 13.0. The summed E-state index contributed by atoms with van der Waals surface area (Å²) in [7, 11) is 1.24. The Morgan fingerprint density at radius 1 is 1.19 bits per heavy atom. The van der Waals surface area contributed by atoms with E-state index in [1.165, 1.54) is 22.9 Å². The van der Waals surface area contributed by atoms with Crippen molar-refractivity contribution in [1.82, 2.24) is 14.5 Å². The number of nitrogens with zero attached hydrogens (tertiary/aromatic N) is 3. The first kappa shape index (κ1) is 21.3. The summed E-state index contributed by atoms with van der Waals surface area (Å²) in [5, 5.41) is 12.5. The topological polar surface area (TPSA) is 114 Å². The lowest BCUT2D eigenvalue weighted by Crippen LogP contribution is -2.31. The SMILES string of the molecule is COC(=O)C1=C(Nc2ccc3ncn(Cc4ccccc4)c(=O)c3c2)C(=O)N(CCO)C1. The van der Waals surface area contributed by atoms with Gasteiger partial charge in [0, 0.05) is 12.2 Å². The van der Waals surface area contributed by atoms with Gasteiger partial charge in [-0.15, -0.1) is 0 Å². The molecule has 1 aliphatic heterocycles. The fraction of sp³-hybridized carbons (Fsp3) is 0.217. The molecule has 164 valence electrons. The third kappa shape index (κ3) is 4.10. The predicted octanol–water partition coefficient (Wildman–Crippen LogP) is 1.12. The zero-order valence-electron chi connectivity index (χ0n) is 17.4. The molecular weight excluding hydrogens is 412 g/mol.